The lowest BCUT2D eigenvalue weighted by atomic mass is 9.75. The summed E-state index contributed by atoms with van der Waals surface area (Å²) < 4.78 is 5.40. The van der Waals surface area contributed by atoms with E-state index in [4.69, 9.17) is 27.9 Å². The summed E-state index contributed by atoms with van der Waals surface area (Å²) in [6.45, 7) is 8.19. The number of hydrogen-bond acceptors (Lipinski definition) is 2. The van der Waals surface area contributed by atoms with Crippen molar-refractivity contribution in [3.63, 3.8) is 0 Å². The van der Waals surface area contributed by atoms with Gasteiger partial charge in [0, 0.05) is 12.5 Å². The van der Waals surface area contributed by atoms with Gasteiger partial charge in [-0.05, 0) is 42.2 Å². The van der Waals surface area contributed by atoms with Crippen LogP contribution >= 0.6 is 23.2 Å². The van der Waals surface area contributed by atoms with Crippen LogP contribution in [-0.4, -0.2) is 12.1 Å². The van der Waals surface area contributed by atoms with Gasteiger partial charge in [0.15, 0.2) is 0 Å². The van der Waals surface area contributed by atoms with Crippen molar-refractivity contribution in [3.05, 3.63) is 58.6 Å². The van der Waals surface area contributed by atoms with Gasteiger partial charge < -0.3 is 4.74 Å². The molecular weight excluding hydrogens is 391 g/mol. The first-order valence-corrected chi connectivity index (χ1v) is 10.7. The Labute approximate surface area is 179 Å². The summed E-state index contributed by atoms with van der Waals surface area (Å²) in [4.78, 5) is 11.0. The smallest absolute Gasteiger partial charge is 0.302 e. The van der Waals surface area contributed by atoms with Gasteiger partial charge in [-0.3, -0.25) is 4.79 Å². The average Bonchev–Trinajstić information content (AvgIpc) is 2.64. The molecule has 3 atom stereocenters. The Kier molecular flexibility index (Phi) is 8.85. The summed E-state index contributed by atoms with van der Waals surface area (Å²) >= 11 is 12.0. The van der Waals surface area contributed by atoms with E-state index in [0.29, 0.717) is 27.8 Å². The van der Waals surface area contributed by atoms with Gasteiger partial charge in [0.25, 0.3) is 0 Å². The van der Waals surface area contributed by atoms with Crippen molar-refractivity contribution in [1.29, 1.82) is 0 Å². The predicted molar refractivity (Wildman–Crippen MR) is 119 cm³/mol. The fraction of sp³-hybridized carbons (Fsp3) is 0.458. The number of hydrogen-bond donors (Lipinski definition) is 0. The van der Waals surface area contributed by atoms with Crippen LogP contribution in [-0.2, 0) is 9.53 Å². The monoisotopic (exact) mass is 420 g/mol. The van der Waals surface area contributed by atoms with E-state index < -0.39 is 0 Å². The average molecular weight is 421 g/mol. The molecule has 0 saturated heterocycles. The maximum absolute atomic E-state index is 11.0. The zero-order chi connectivity index (χ0) is 20.7. The summed E-state index contributed by atoms with van der Waals surface area (Å²) in [5.74, 6) is 1.76. The lowest BCUT2D eigenvalue weighted by Crippen LogP contribution is -2.35. The highest BCUT2D eigenvalue weighted by Gasteiger charge is 2.32. The predicted octanol–water partition coefficient (Wildman–Crippen LogP) is 7.67. The van der Waals surface area contributed by atoms with Crippen LogP contribution in [0.3, 0.4) is 0 Å². The van der Waals surface area contributed by atoms with Gasteiger partial charge in [0.05, 0.1) is 10.0 Å². The molecule has 1 aliphatic rings. The second-order valence-corrected chi connectivity index (χ2v) is 8.73. The van der Waals surface area contributed by atoms with Crippen molar-refractivity contribution in [2.45, 2.75) is 53.1 Å². The number of benzene rings is 2. The minimum Gasteiger partial charge on any atom is -0.462 e. The molecule has 1 fully saturated rings. The van der Waals surface area contributed by atoms with Crippen LogP contribution in [0.25, 0.3) is 11.1 Å². The third-order valence-corrected chi connectivity index (χ3v) is 6.13. The lowest BCUT2D eigenvalue weighted by molar-refractivity contribution is -0.153. The highest BCUT2D eigenvalue weighted by Crippen LogP contribution is 2.35. The van der Waals surface area contributed by atoms with E-state index in [-0.39, 0.29) is 12.1 Å². The van der Waals surface area contributed by atoms with Gasteiger partial charge in [0.1, 0.15) is 6.10 Å². The Morgan fingerprint density at radius 3 is 2.32 bits per heavy atom. The molecule has 1 saturated carbocycles. The molecule has 28 heavy (non-hydrogen) atoms. The van der Waals surface area contributed by atoms with Crippen LogP contribution in [0.2, 0.25) is 10.0 Å². The lowest BCUT2D eigenvalue weighted by Gasteiger charge is -2.36. The van der Waals surface area contributed by atoms with Crippen molar-refractivity contribution < 1.29 is 9.53 Å². The summed E-state index contributed by atoms with van der Waals surface area (Å²) in [7, 11) is 0. The maximum atomic E-state index is 11.0. The molecule has 2 aromatic rings. The third-order valence-electron chi connectivity index (χ3n) is 5.32. The Morgan fingerprint density at radius 1 is 1.04 bits per heavy atom. The van der Waals surface area contributed by atoms with Crippen molar-refractivity contribution in [2.75, 3.05) is 0 Å². The number of ether oxygens (including phenoxy) is 1. The van der Waals surface area contributed by atoms with E-state index in [1.807, 2.05) is 42.5 Å². The van der Waals surface area contributed by atoms with Gasteiger partial charge in [-0.1, -0.05) is 92.9 Å². The zero-order valence-corrected chi connectivity index (χ0v) is 18.6. The fourth-order valence-electron chi connectivity index (χ4n) is 3.81. The topological polar surface area (TPSA) is 26.3 Å². The van der Waals surface area contributed by atoms with Crippen LogP contribution in [0.1, 0.15) is 47.0 Å². The Hall–Kier alpha value is -1.51. The number of carbonyl (C=O) groups is 1. The molecule has 0 bridgehead atoms. The molecule has 4 heteroatoms. The minimum absolute atomic E-state index is 0.130. The Morgan fingerprint density at radius 2 is 1.71 bits per heavy atom. The second kappa shape index (κ2) is 10.9. The molecule has 0 aliphatic heterocycles. The van der Waals surface area contributed by atoms with E-state index in [2.05, 4.69) is 20.8 Å². The standard InChI is InChI=1S/C12H8Cl2.C12H22O2/c13-11-8-4-7-10(12(11)14)9-5-2-1-3-6-9;1-8(2)11-6-5-9(3)7-12(11)14-10(4)13/h1-8H;8-9,11-12H,5-7H2,1-4H3. The summed E-state index contributed by atoms with van der Waals surface area (Å²) in [6.07, 6.45) is 3.69. The molecule has 0 N–H and O–H groups in total. The molecule has 1 aliphatic carbocycles. The van der Waals surface area contributed by atoms with E-state index >= 15 is 0 Å². The molecule has 2 nitrogen and oxygen atoms in total. The molecule has 0 heterocycles. The van der Waals surface area contributed by atoms with Crippen molar-refractivity contribution >= 4 is 29.2 Å². The SMILES string of the molecule is CC(=O)OC1CC(C)CCC1C(C)C.Clc1cccc(-c2ccccc2)c1Cl. The van der Waals surface area contributed by atoms with E-state index in [1.54, 1.807) is 6.07 Å². The Bertz CT molecular complexity index is 758. The number of esters is 1. The van der Waals surface area contributed by atoms with E-state index in [1.165, 1.54) is 19.8 Å². The number of carbonyl (C=O) groups excluding carboxylic acids is 1. The van der Waals surface area contributed by atoms with Crippen LogP contribution in [0.5, 0.6) is 0 Å². The first-order valence-electron chi connectivity index (χ1n) is 9.96. The molecular formula is C24H30Cl2O2. The van der Waals surface area contributed by atoms with Crippen molar-refractivity contribution in [2.24, 2.45) is 17.8 Å². The van der Waals surface area contributed by atoms with Crippen molar-refractivity contribution in [1.82, 2.24) is 0 Å². The molecule has 152 valence electrons. The highest BCUT2D eigenvalue weighted by atomic mass is 35.5. The quantitative estimate of drug-likeness (QED) is 0.475. The minimum atomic E-state index is -0.130. The first kappa shape index (κ1) is 22.8. The molecule has 3 rings (SSSR count). The van der Waals surface area contributed by atoms with Gasteiger partial charge in [-0.15, -0.1) is 0 Å². The second-order valence-electron chi connectivity index (χ2n) is 7.94. The zero-order valence-electron chi connectivity index (χ0n) is 17.1. The number of halogens is 2. The molecule has 3 unspecified atom stereocenters. The Balaban J connectivity index is 0.000000200. The van der Waals surface area contributed by atoms with E-state index in [0.717, 1.165) is 17.5 Å². The van der Waals surface area contributed by atoms with Gasteiger partial charge in [-0.25, -0.2) is 0 Å². The molecule has 2 aromatic carbocycles. The largest absolute Gasteiger partial charge is 0.462 e. The van der Waals surface area contributed by atoms with Crippen LogP contribution in [0, 0.1) is 17.8 Å². The fourth-order valence-corrected chi connectivity index (χ4v) is 4.22. The van der Waals surface area contributed by atoms with Gasteiger partial charge in [-0.2, -0.15) is 0 Å². The van der Waals surface area contributed by atoms with Gasteiger partial charge >= 0.3 is 5.97 Å². The molecule has 0 aromatic heterocycles. The van der Waals surface area contributed by atoms with Crippen LogP contribution < -0.4 is 0 Å². The first-order chi connectivity index (χ1) is 13.3. The normalized spacial score (nSPS) is 21.6. The summed E-state index contributed by atoms with van der Waals surface area (Å²) in [5.41, 5.74) is 2.06. The third kappa shape index (κ3) is 6.53. The molecule has 0 radical (unpaired) electrons. The summed E-state index contributed by atoms with van der Waals surface area (Å²) in [6, 6.07) is 15.6. The van der Waals surface area contributed by atoms with Crippen LogP contribution in [0.4, 0.5) is 0 Å². The maximum Gasteiger partial charge on any atom is 0.302 e. The molecule has 0 amide bonds. The summed E-state index contributed by atoms with van der Waals surface area (Å²) in [5, 5.41) is 1.20. The number of rotatable bonds is 3. The van der Waals surface area contributed by atoms with E-state index in [9.17, 15) is 4.79 Å². The van der Waals surface area contributed by atoms with Crippen molar-refractivity contribution in [3.8, 4) is 11.1 Å². The molecule has 0 spiro atoms. The van der Waals surface area contributed by atoms with Crippen LogP contribution in [0.15, 0.2) is 48.5 Å². The van der Waals surface area contributed by atoms with Gasteiger partial charge in [0.2, 0.25) is 0 Å². The highest BCUT2D eigenvalue weighted by molar-refractivity contribution is 6.43.